The van der Waals surface area contributed by atoms with Crippen LogP contribution in [0.3, 0.4) is 0 Å². The quantitative estimate of drug-likeness (QED) is 0.817. The topological polar surface area (TPSA) is 46.5 Å². The largest absolute Gasteiger partial charge is 0.506 e. The Labute approximate surface area is 101 Å². The van der Waals surface area contributed by atoms with Crippen LogP contribution in [0.2, 0.25) is 0 Å². The third-order valence-electron chi connectivity index (χ3n) is 2.36. The van der Waals surface area contributed by atoms with Gasteiger partial charge in [-0.05, 0) is 39.5 Å². The monoisotopic (exact) mass is 280 g/mol. The van der Waals surface area contributed by atoms with Crippen LogP contribution < -0.4 is 0 Å². The molecule has 0 spiro atoms. The Balaban J connectivity index is 2.69. The molecule has 3 nitrogen and oxygen atoms in total. The zero-order chi connectivity index (χ0) is 11.7. The Morgan fingerprint density at radius 3 is 2.69 bits per heavy atom. The molecule has 0 radical (unpaired) electrons. The predicted molar refractivity (Wildman–Crippen MR) is 64.7 cm³/mol. The minimum Gasteiger partial charge on any atom is -0.506 e. The zero-order valence-corrected chi connectivity index (χ0v) is 10.1. The van der Waals surface area contributed by atoms with Crippen molar-refractivity contribution in [1.82, 2.24) is 0 Å². The van der Waals surface area contributed by atoms with E-state index in [1.807, 2.05) is 6.07 Å². The van der Waals surface area contributed by atoms with E-state index in [0.717, 1.165) is 5.39 Å². The molecule has 0 aromatic heterocycles. The Morgan fingerprint density at radius 1 is 1.31 bits per heavy atom. The van der Waals surface area contributed by atoms with Crippen molar-refractivity contribution in [1.29, 1.82) is 0 Å². The van der Waals surface area contributed by atoms with E-state index in [0.29, 0.717) is 15.4 Å². The summed E-state index contributed by atoms with van der Waals surface area (Å²) in [5.41, 5.74) is 0.420. The van der Waals surface area contributed by atoms with Crippen molar-refractivity contribution < 1.29 is 14.6 Å². The maximum Gasteiger partial charge on any atom is 0.337 e. The SMILES string of the molecule is COC(=O)c1ccc2ccc(Br)c(O)c2c1. The summed E-state index contributed by atoms with van der Waals surface area (Å²) in [6.07, 6.45) is 0. The first-order chi connectivity index (χ1) is 7.63. The summed E-state index contributed by atoms with van der Waals surface area (Å²) in [4.78, 5) is 11.3. The normalized spacial score (nSPS) is 10.4. The van der Waals surface area contributed by atoms with Crippen molar-refractivity contribution in [2.24, 2.45) is 0 Å². The molecule has 0 bridgehead atoms. The minimum atomic E-state index is -0.415. The number of carbonyl (C=O) groups excluding carboxylic acids is 1. The molecule has 0 fully saturated rings. The summed E-state index contributed by atoms with van der Waals surface area (Å²) in [6.45, 7) is 0. The van der Waals surface area contributed by atoms with Crippen molar-refractivity contribution in [3.63, 3.8) is 0 Å². The van der Waals surface area contributed by atoms with Crippen LogP contribution in [-0.2, 0) is 4.74 Å². The van der Waals surface area contributed by atoms with Crippen molar-refractivity contribution in [2.45, 2.75) is 0 Å². The first-order valence-electron chi connectivity index (χ1n) is 4.63. The van der Waals surface area contributed by atoms with E-state index >= 15 is 0 Å². The molecule has 0 atom stereocenters. The van der Waals surface area contributed by atoms with E-state index in [4.69, 9.17) is 0 Å². The van der Waals surface area contributed by atoms with Crippen LogP contribution in [0, 0.1) is 0 Å². The van der Waals surface area contributed by atoms with Crippen LogP contribution in [0.4, 0.5) is 0 Å². The van der Waals surface area contributed by atoms with E-state index < -0.39 is 5.97 Å². The Hall–Kier alpha value is -1.55. The molecule has 82 valence electrons. The van der Waals surface area contributed by atoms with Crippen molar-refractivity contribution in [2.75, 3.05) is 7.11 Å². The second-order valence-electron chi connectivity index (χ2n) is 3.32. The maximum absolute atomic E-state index is 11.3. The van der Waals surface area contributed by atoms with Gasteiger partial charge in [-0.15, -0.1) is 0 Å². The number of aromatic hydroxyl groups is 1. The number of benzene rings is 2. The molecule has 0 aliphatic rings. The molecule has 0 aliphatic carbocycles. The third-order valence-corrected chi connectivity index (χ3v) is 3.00. The van der Waals surface area contributed by atoms with Gasteiger partial charge in [-0.2, -0.15) is 0 Å². The molecular weight excluding hydrogens is 272 g/mol. The standard InChI is InChI=1S/C12H9BrO3/c1-16-12(15)8-3-2-7-4-5-10(13)11(14)9(7)6-8/h2-6,14H,1H3. The fourth-order valence-corrected chi connectivity index (χ4v) is 1.87. The lowest BCUT2D eigenvalue weighted by atomic mass is 10.1. The highest BCUT2D eigenvalue weighted by Gasteiger charge is 2.09. The van der Waals surface area contributed by atoms with Crippen molar-refractivity contribution in [3.05, 3.63) is 40.4 Å². The maximum atomic E-state index is 11.3. The third kappa shape index (κ3) is 1.76. The van der Waals surface area contributed by atoms with Crippen LogP contribution in [-0.4, -0.2) is 18.2 Å². The molecule has 0 unspecified atom stereocenters. The summed E-state index contributed by atoms with van der Waals surface area (Å²) < 4.78 is 5.22. The molecule has 0 amide bonds. The lowest BCUT2D eigenvalue weighted by Crippen LogP contribution is -2.00. The van der Waals surface area contributed by atoms with Crippen LogP contribution in [0.5, 0.6) is 5.75 Å². The minimum absolute atomic E-state index is 0.128. The van der Waals surface area contributed by atoms with Crippen molar-refractivity contribution in [3.8, 4) is 5.75 Å². The van der Waals surface area contributed by atoms with E-state index in [1.54, 1.807) is 24.3 Å². The Bertz CT molecular complexity index is 563. The molecule has 0 saturated carbocycles. The molecule has 2 aromatic rings. The summed E-state index contributed by atoms with van der Waals surface area (Å²) in [7, 11) is 1.33. The number of carbonyl (C=O) groups is 1. The first-order valence-corrected chi connectivity index (χ1v) is 5.42. The van der Waals surface area contributed by atoms with Crippen molar-refractivity contribution >= 4 is 32.7 Å². The number of ether oxygens (including phenoxy) is 1. The number of hydrogen-bond acceptors (Lipinski definition) is 3. The average molecular weight is 281 g/mol. The molecule has 0 aliphatic heterocycles. The fourth-order valence-electron chi connectivity index (χ4n) is 1.52. The van der Waals surface area contributed by atoms with Gasteiger partial charge >= 0.3 is 5.97 Å². The van der Waals surface area contributed by atoms with Gasteiger partial charge in [0.05, 0.1) is 17.1 Å². The van der Waals surface area contributed by atoms with Gasteiger partial charge in [0, 0.05) is 5.39 Å². The molecular formula is C12H9BrO3. The van der Waals surface area contributed by atoms with Gasteiger partial charge in [0.15, 0.2) is 0 Å². The number of hydrogen-bond donors (Lipinski definition) is 1. The average Bonchev–Trinajstić information content (AvgIpc) is 2.32. The van der Waals surface area contributed by atoms with Gasteiger partial charge in [-0.3, -0.25) is 0 Å². The van der Waals surface area contributed by atoms with Gasteiger partial charge in [-0.1, -0.05) is 12.1 Å². The zero-order valence-electron chi connectivity index (χ0n) is 8.53. The summed E-state index contributed by atoms with van der Waals surface area (Å²) in [5, 5.41) is 11.3. The molecule has 2 rings (SSSR count). The number of phenolic OH excluding ortho intramolecular Hbond substituents is 1. The number of phenols is 1. The molecule has 4 heteroatoms. The van der Waals surface area contributed by atoms with Crippen LogP contribution in [0.1, 0.15) is 10.4 Å². The first kappa shape index (κ1) is 11.0. The van der Waals surface area contributed by atoms with E-state index in [-0.39, 0.29) is 5.75 Å². The lowest BCUT2D eigenvalue weighted by molar-refractivity contribution is 0.0601. The summed E-state index contributed by atoms with van der Waals surface area (Å²) >= 11 is 3.23. The van der Waals surface area contributed by atoms with Gasteiger partial charge in [-0.25, -0.2) is 4.79 Å². The van der Waals surface area contributed by atoms with Crippen LogP contribution in [0.25, 0.3) is 10.8 Å². The fraction of sp³-hybridized carbons (Fsp3) is 0.0833. The van der Waals surface area contributed by atoms with Crippen LogP contribution >= 0.6 is 15.9 Å². The highest BCUT2D eigenvalue weighted by molar-refractivity contribution is 9.10. The smallest absolute Gasteiger partial charge is 0.337 e. The van der Waals surface area contributed by atoms with E-state index in [9.17, 15) is 9.90 Å². The number of halogens is 1. The van der Waals surface area contributed by atoms with Crippen LogP contribution in [0.15, 0.2) is 34.8 Å². The number of rotatable bonds is 1. The number of esters is 1. The van der Waals surface area contributed by atoms with Gasteiger partial charge in [0.25, 0.3) is 0 Å². The van der Waals surface area contributed by atoms with Gasteiger partial charge < -0.3 is 9.84 Å². The highest BCUT2D eigenvalue weighted by Crippen LogP contribution is 2.33. The summed E-state index contributed by atoms with van der Waals surface area (Å²) in [5.74, 6) is -0.287. The number of fused-ring (bicyclic) bond motifs is 1. The molecule has 16 heavy (non-hydrogen) atoms. The molecule has 1 N–H and O–H groups in total. The molecule has 0 heterocycles. The van der Waals surface area contributed by atoms with Gasteiger partial charge in [0.2, 0.25) is 0 Å². The molecule has 0 saturated heterocycles. The van der Waals surface area contributed by atoms with E-state index in [1.165, 1.54) is 7.11 Å². The second-order valence-corrected chi connectivity index (χ2v) is 4.18. The van der Waals surface area contributed by atoms with Gasteiger partial charge in [0.1, 0.15) is 5.75 Å². The van der Waals surface area contributed by atoms with E-state index in [2.05, 4.69) is 20.7 Å². The highest BCUT2D eigenvalue weighted by atomic mass is 79.9. The second kappa shape index (κ2) is 4.14. The number of methoxy groups -OCH3 is 1. The Morgan fingerprint density at radius 2 is 2.00 bits per heavy atom. The summed E-state index contributed by atoms with van der Waals surface area (Å²) in [6, 6.07) is 8.67. The molecule has 2 aromatic carbocycles. The predicted octanol–water partition coefficient (Wildman–Crippen LogP) is 3.09. The Kier molecular flexibility index (Phi) is 2.83. The lowest BCUT2D eigenvalue weighted by Gasteiger charge is -2.05.